The Morgan fingerprint density at radius 1 is 1.09 bits per heavy atom. The van der Waals surface area contributed by atoms with E-state index in [2.05, 4.69) is 15.1 Å². The number of alkyl halides is 2. The van der Waals surface area contributed by atoms with Crippen LogP contribution in [0.5, 0.6) is 0 Å². The molecule has 180 valence electrons. The Balaban J connectivity index is 1.13. The Bertz CT molecular complexity index is 1180. The summed E-state index contributed by atoms with van der Waals surface area (Å²) in [7, 11) is 0. The Kier molecular flexibility index (Phi) is 4.26. The number of aromatic nitrogens is 3. The van der Waals surface area contributed by atoms with Crippen LogP contribution in [0.25, 0.3) is 5.69 Å². The lowest BCUT2D eigenvalue weighted by atomic mass is 9.72. The number of nitrogens with zero attached hydrogens (tertiary/aromatic N) is 6. The molecule has 1 saturated carbocycles. The van der Waals surface area contributed by atoms with Crippen molar-refractivity contribution < 1.29 is 18.3 Å². The fourth-order valence-electron chi connectivity index (χ4n) is 5.80. The molecule has 5 aliphatic rings. The maximum Gasteiger partial charge on any atom is 0.260 e. The van der Waals surface area contributed by atoms with Gasteiger partial charge in [-0.25, -0.2) is 8.78 Å². The molecule has 8 nitrogen and oxygen atoms in total. The van der Waals surface area contributed by atoms with Gasteiger partial charge in [-0.3, -0.25) is 14.3 Å². The summed E-state index contributed by atoms with van der Waals surface area (Å²) in [5, 5.41) is 9.59. The summed E-state index contributed by atoms with van der Waals surface area (Å²) >= 11 is 6.31. The number of halogens is 3. The van der Waals surface area contributed by atoms with Gasteiger partial charge in [-0.15, -0.1) is 10.2 Å². The summed E-state index contributed by atoms with van der Waals surface area (Å²) < 4.78 is 36.1. The van der Waals surface area contributed by atoms with Crippen molar-refractivity contribution in [2.75, 3.05) is 50.8 Å². The van der Waals surface area contributed by atoms with Crippen LogP contribution in [-0.4, -0.2) is 87.7 Å². The quantitative estimate of drug-likeness (QED) is 0.654. The van der Waals surface area contributed by atoms with E-state index in [0.29, 0.717) is 44.0 Å². The van der Waals surface area contributed by atoms with Crippen LogP contribution in [0.2, 0.25) is 5.02 Å². The van der Waals surface area contributed by atoms with Gasteiger partial charge in [-0.05, 0) is 36.6 Å². The lowest BCUT2D eigenvalue weighted by Gasteiger charge is -2.60. The van der Waals surface area contributed by atoms with E-state index in [1.807, 2.05) is 27.7 Å². The molecule has 0 N–H and O–H groups in total. The van der Waals surface area contributed by atoms with Crippen molar-refractivity contribution in [1.82, 2.24) is 24.6 Å². The molecule has 11 heteroatoms. The molecule has 1 aromatic heterocycles. The lowest BCUT2D eigenvalue weighted by Crippen LogP contribution is -2.74. The van der Waals surface area contributed by atoms with Gasteiger partial charge in [-0.2, -0.15) is 0 Å². The van der Waals surface area contributed by atoms with Crippen LogP contribution in [0, 0.1) is 5.41 Å². The maximum absolute atomic E-state index is 14.9. The highest BCUT2D eigenvalue weighted by Gasteiger charge is 2.60. The van der Waals surface area contributed by atoms with Gasteiger partial charge in [0.05, 0.1) is 25.4 Å². The first-order valence-corrected chi connectivity index (χ1v) is 12.1. The molecule has 1 spiro atoms. The zero-order chi connectivity index (χ0) is 23.3. The van der Waals surface area contributed by atoms with Crippen LogP contribution in [-0.2, 0) is 22.6 Å². The third kappa shape index (κ3) is 3.18. The molecule has 2 aromatic rings. The zero-order valence-corrected chi connectivity index (χ0v) is 19.4. The van der Waals surface area contributed by atoms with Gasteiger partial charge in [0.15, 0.2) is 17.2 Å². The van der Waals surface area contributed by atoms with Crippen molar-refractivity contribution in [3.05, 3.63) is 34.6 Å². The largest absolute Gasteiger partial charge is 0.375 e. The number of carbonyl (C=O) groups is 1. The van der Waals surface area contributed by atoms with E-state index in [1.54, 1.807) is 4.90 Å². The molecule has 1 aliphatic carbocycles. The van der Waals surface area contributed by atoms with Crippen molar-refractivity contribution >= 4 is 23.5 Å². The minimum Gasteiger partial charge on any atom is -0.375 e. The Morgan fingerprint density at radius 2 is 1.85 bits per heavy atom. The molecular weight excluding hydrogens is 466 g/mol. The summed E-state index contributed by atoms with van der Waals surface area (Å²) in [5.41, 5.74) is -1.01. The fourth-order valence-corrected chi connectivity index (χ4v) is 6.00. The van der Waals surface area contributed by atoms with Crippen molar-refractivity contribution in [2.45, 2.75) is 37.3 Å². The van der Waals surface area contributed by atoms with E-state index in [4.69, 9.17) is 16.3 Å². The number of anilines is 1. The number of likely N-dealkylation sites (tertiary alicyclic amines) is 1. The minimum atomic E-state index is -1.60. The molecule has 34 heavy (non-hydrogen) atoms. The predicted octanol–water partition coefficient (Wildman–Crippen LogP) is 2.13. The second-order valence-corrected chi connectivity index (χ2v) is 11.2. The minimum absolute atomic E-state index is 0.00226. The SMILES string of the molecule is O=C(N1CC2(C1)CN(c1nnc3n1-c1ccc(Cl)cc1CN(CC1(F)COC1)C3)C2)C1(F)CC1. The van der Waals surface area contributed by atoms with Gasteiger partial charge in [0, 0.05) is 49.7 Å². The van der Waals surface area contributed by atoms with Gasteiger partial charge in [0.25, 0.3) is 5.91 Å². The highest BCUT2D eigenvalue weighted by atomic mass is 35.5. The van der Waals surface area contributed by atoms with Crippen molar-refractivity contribution in [2.24, 2.45) is 5.41 Å². The average Bonchev–Trinajstić information content (AvgIpc) is 3.38. The van der Waals surface area contributed by atoms with Crippen LogP contribution in [0.1, 0.15) is 24.2 Å². The van der Waals surface area contributed by atoms with E-state index in [9.17, 15) is 13.6 Å². The van der Waals surface area contributed by atoms with E-state index < -0.39 is 11.3 Å². The number of rotatable bonds is 4. The zero-order valence-electron chi connectivity index (χ0n) is 18.6. The summed E-state index contributed by atoms with van der Waals surface area (Å²) in [4.78, 5) is 18.1. The summed E-state index contributed by atoms with van der Waals surface area (Å²) in [5.74, 6) is 1.14. The first-order chi connectivity index (χ1) is 16.2. The molecule has 7 rings (SSSR count). The molecule has 5 heterocycles. The first-order valence-electron chi connectivity index (χ1n) is 11.7. The van der Waals surface area contributed by atoms with Crippen molar-refractivity contribution in [3.8, 4) is 5.69 Å². The highest BCUT2D eigenvalue weighted by Crippen LogP contribution is 2.47. The summed E-state index contributed by atoms with van der Waals surface area (Å²) in [6.07, 6.45) is 0.703. The van der Waals surface area contributed by atoms with Crippen molar-refractivity contribution in [1.29, 1.82) is 0 Å². The van der Waals surface area contributed by atoms with Crippen molar-refractivity contribution in [3.63, 3.8) is 0 Å². The molecule has 0 unspecified atom stereocenters. The Morgan fingerprint density at radius 3 is 2.53 bits per heavy atom. The van der Waals surface area contributed by atoms with Crippen LogP contribution in [0.15, 0.2) is 18.2 Å². The predicted molar refractivity (Wildman–Crippen MR) is 119 cm³/mol. The van der Waals surface area contributed by atoms with Crippen LogP contribution in [0.4, 0.5) is 14.7 Å². The number of amides is 1. The van der Waals surface area contributed by atoms with Crippen LogP contribution in [0.3, 0.4) is 0 Å². The molecule has 1 aromatic carbocycles. The van der Waals surface area contributed by atoms with Gasteiger partial charge >= 0.3 is 0 Å². The molecule has 0 bridgehead atoms. The maximum atomic E-state index is 14.9. The van der Waals surface area contributed by atoms with Gasteiger partial charge in [-0.1, -0.05) is 11.6 Å². The monoisotopic (exact) mass is 490 g/mol. The lowest BCUT2D eigenvalue weighted by molar-refractivity contribution is -0.152. The number of hydrogen-bond acceptors (Lipinski definition) is 6. The Labute approximate surface area is 200 Å². The number of carbonyl (C=O) groups excluding carboxylic acids is 1. The van der Waals surface area contributed by atoms with E-state index in [1.165, 1.54) is 0 Å². The van der Waals surface area contributed by atoms with E-state index in [0.717, 1.165) is 36.1 Å². The molecule has 3 saturated heterocycles. The van der Waals surface area contributed by atoms with E-state index >= 15 is 0 Å². The normalized spacial score (nSPS) is 25.5. The van der Waals surface area contributed by atoms with Gasteiger partial charge < -0.3 is 14.5 Å². The topological polar surface area (TPSA) is 66.7 Å². The molecule has 4 aliphatic heterocycles. The second kappa shape index (κ2) is 6.89. The molecule has 4 fully saturated rings. The van der Waals surface area contributed by atoms with Crippen LogP contribution >= 0.6 is 11.6 Å². The summed E-state index contributed by atoms with van der Waals surface area (Å²) in [6.45, 7) is 4.17. The number of benzene rings is 1. The molecule has 1 amide bonds. The third-order valence-corrected chi connectivity index (χ3v) is 7.97. The third-order valence-electron chi connectivity index (χ3n) is 7.73. The van der Waals surface area contributed by atoms with E-state index in [-0.39, 0.29) is 31.1 Å². The molecular formula is C23H25ClF2N6O2. The fraction of sp³-hybridized carbons (Fsp3) is 0.609. The van der Waals surface area contributed by atoms with Gasteiger partial charge in [0.1, 0.15) is 0 Å². The van der Waals surface area contributed by atoms with Crippen LogP contribution < -0.4 is 4.90 Å². The second-order valence-electron chi connectivity index (χ2n) is 10.8. The molecule has 0 atom stereocenters. The van der Waals surface area contributed by atoms with Gasteiger partial charge in [0.2, 0.25) is 5.95 Å². The summed E-state index contributed by atoms with van der Waals surface area (Å²) in [6, 6.07) is 5.73. The number of fused-ring (bicyclic) bond motifs is 3. The Hall–Kier alpha value is -2.30. The average molecular weight is 491 g/mol. The highest BCUT2D eigenvalue weighted by molar-refractivity contribution is 6.30. The number of hydrogen-bond donors (Lipinski definition) is 0. The number of ether oxygens (including phenoxy) is 1. The standard InChI is InChI=1S/C23H25ClF2N6O2/c24-16-1-2-17-15(5-16)6-29(12-22(25)13-34-14-22)7-18-27-28-20(32(17)18)31-10-21(11-31)8-30(9-21)19(33)23(26)3-4-23/h1-2,5H,3-4,6-14H2. The first kappa shape index (κ1) is 21.0. The molecule has 0 radical (unpaired) electrons. The smallest absolute Gasteiger partial charge is 0.260 e.